The van der Waals surface area contributed by atoms with Gasteiger partial charge in [-0.05, 0) is 20.4 Å². The summed E-state index contributed by atoms with van der Waals surface area (Å²) in [6, 6.07) is 0. The lowest BCUT2D eigenvalue weighted by molar-refractivity contribution is -0.147. The van der Waals surface area contributed by atoms with Crippen LogP contribution in [0.4, 0.5) is 0 Å². The molecule has 0 aliphatic heterocycles. The zero-order valence-corrected chi connectivity index (χ0v) is 11.4. The first kappa shape index (κ1) is 14.1. The van der Waals surface area contributed by atoms with Crippen molar-refractivity contribution >= 4 is 17.7 Å². The predicted molar refractivity (Wildman–Crippen MR) is 68.0 cm³/mol. The van der Waals surface area contributed by atoms with Gasteiger partial charge in [0.1, 0.15) is 5.54 Å². The quantitative estimate of drug-likeness (QED) is 0.596. The van der Waals surface area contributed by atoms with E-state index >= 15 is 0 Å². The molecule has 0 aliphatic rings. The molecule has 96 valence electrons. The van der Waals surface area contributed by atoms with E-state index in [4.69, 9.17) is 4.74 Å². The van der Waals surface area contributed by atoms with E-state index in [1.165, 1.54) is 7.11 Å². The number of hydrogen-bond donors (Lipinski definition) is 2. The molecule has 0 saturated carbocycles. The van der Waals surface area contributed by atoms with Crippen molar-refractivity contribution in [3.05, 3.63) is 12.4 Å². The number of hydrogen-bond acceptors (Lipinski definition) is 5. The van der Waals surface area contributed by atoms with E-state index in [0.717, 1.165) is 5.16 Å². The Labute approximate surface area is 106 Å². The van der Waals surface area contributed by atoms with Crippen molar-refractivity contribution in [3.8, 4) is 0 Å². The highest BCUT2D eigenvalue weighted by Gasteiger charge is 2.34. The molecule has 0 amide bonds. The zero-order valence-electron chi connectivity index (χ0n) is 10.6. The second-order valence-electron chi connectivity index (χ2n) is 4.10. The Morgan fingerprint density at radius 3 is 2.94 bits per heavy atom. The number of nitrogens with one attached hydrogen (secondary N) is 2. The zero-order chi connectivity index (χ0) is 12.9. The summed E-state index contributed by atoms with van der Waals surface area (Å²) >= 11 is 1.61. The third kappa shape index (κ3) is 3.74. The second-order valence-corrected chi connectivity index (χ2v) is 5.53. The number of aromatic amines is 1. The lowest BCUT2D eigenvalue weighted by Crippen LogP contribution is -2.49. The number of aromatic nitrogens is 2. The van der Waals surface area contributed by atoms with Crippen LogP contribution in [0, 0.1) is 0 Å². The first-order chi connectivity index (χ1) is 8.01. The highest BCUT2D eigenvalue weighted by Crippen LogP contribution is 2.26. The molecule has 6 heteroatoms. The van der Waals surface area contributed by atoms with E-state index in [2.05, 4.69) is 22.2 Å². The number of ether oxygens (including phenoxy) is 1. The molecule has 1 rings (SSSR count). The Morgan fingerprint density at radius 2 is 2.47 bits per heavy atom. The molecule has 0 fully saturated rings. The van der Waals surface area contributed by atoms with Gasteiger partial charge in [0.25, 0.3) is 0 Å². The fourth-order valence-corrected chi connectivity index (χ4v) is 2.69. The number of nitrogens with zero attached hydrogens (tertiary/aromatic N) is 1. The Hall–Kier alpha value is -1.01. The molecular formula is C11H19N3O2S. The third-order valence-electron chi connectivity index (χ3n) is 2.67. The smallest absolute Gasteiger partial charge is 0.325 e. The van der Waals surface area contributed by atoms with Gasteiger partial charge in [0, 0.05) is 17.6 Å². The van der Waals surface area contributed by atoms with Gasteiger partial charge in [0.2, 0.25) is 0 Å². The van der Waals surface area contributed by atoms with Gasteiger partial charge >= 0.3 is 5.97 Å². The van der Waals surface area contributed by atoms with Crippen LogP contribution in [0.3, 0.4) is 0 Å². The maximum atomic E-state index is 11.7. The molecule has 0 aromatic carbocycles. The monoisotopic (exact) mass is 257 g/mol. The minimum Gasteiger partial charge on any atom is -0.468 e. The molecule has 17 heavy (non-hydrogen) atoms. The molecule has 2 atom stereocenters. The van der Waals surface area contributed by atoms with Gasteiger partial charge in [-0.3, -0.25) is 4.79 Å². The van der Waals surface area contributed by atoms with Gasteiger partial charge in [-0.15, -0.1) is 0 Å². The summed E-state index contributed by atoms with van der Waals surface area (Å²) in [4.78, 5) is 18.9. The minimum absolute atomic E-state index is 0.244. The number of H-pyrrole nitrogens is 1. The lowest BCUT2D eigenvalue weighted by Gasteiger charge is -2.28. The first-order valence-corrected chi connectivity index (χ1v) is 6.33. The van der Waals surface area contributed by atoms with Gasteiger partial charge in [-0.2, -0.15) is 0 Å². The fraction of sp³-hybridized carbons (Fsp3) is 0.636. The summed E-state index contributed by atoms with van der Waals surface area (Å²) < 4.78 is 4.81. The number of thioether (sulfide) groups is 1. The summed E-state index contributed by atoms with van der Waals surface area (Å²) in [7, 11) is 3.17. The van der Waals surface area contributed by atoms with E-state index < -0.39 is 5.54 Å². The van der Waals surface area contributed by atoms with Crippen LogP contribution in [0.1, 0.15) is 20.3 Å². The Bertz CT molecular complexity index is 356. The highest BCUT2D eigenvalue weighted by atomic mass is 32.2. The average Bonchev–Trinajstić information content (AvgIpc) is 2.80. The molecule has 2 unspecified atom stereocenters. The van der Waals surface area contributed by atoms with Gasteiger partial charge in [-0.25, -0.2) is 4.98 Å². The number of methoxy groups -OCH3 is 1. The van der Waals surface area contributed by atoms with E-state index in [0.29, 0.717) is 6.42 Å². The van der Waals surface area contributed by atoms with Gasteiger partial charge in [0.05, 0.1) is 7.11 Å². The molecule has 1 heterocycles. The summed E-state index contributed by atoms with van der Waals surface area (Å²) in [5.74, 6) is -0.244. The maximum absolute atomic E-state index is 11.7. The van der Waals surface area contributed by atoms with E-state index in [1.54, 1.807) is 31.2 Å². The van der Waals surface area contributed by atoms with Crippen molar-refractivity contribution in [3.63, 3.8) is 0 Å². The second kappa shape index (κ2) is 6.07. The molecule has 0 radical (unpaired) electrons. The summed E-state index contributed by atoms with van der Waals surface area (Å²) in [5.41, 5.74) is -0.659. The third-order valence-corrected chi connectivity index (χ3v) is 3.68. The van der Waals surface area contributed by atoms with Gasteiger partial charge in [-0.1, -0.05) is 18.7 Å². The lowest BCUT2D eigenvalue weighted by atomic mass is 9.96. The highest BCUT2D eigenvalue weighted by molar-refractivity contribution is 7.99. The number of rotatable bonds is 6. The molecule has 0 aliphatic carbocycles. The van der Waals surface area contributed by atoms with Crippen molar-refractivity contribution in [1.29, 1.82) is 0 Å². The van der Waals surface area contributed by atoms with Crippen LogP contribution < -0.4 is 5.32 Å². The van der Waals surface area contributed by atoms with Crippen LogP contribution in [-0.4, -0.2) is 40.9 Å². The summed E-state index contributed by atoms with van der Waals surface area (Å²) in [6.07, 6.45) is 4.17. The van der Waals surface area contributed by atoms with Crippen LogP contribution in [0.25, 0.3) is 0 Å². The maximum Gasteiger partial charge on any atom is 0.325 e. The van der Waals surface area contributed by atoms with Crippen molar-refractivity contribution < 1.29 is 9.53 Å². The average molecular weight is 257 g/mol. The topological polar surface area (TPSA) is 67.0 Å². The van der Waals surface area contributed by atoms with E-state index in [9.17, 15) is 4.79 Å². The van der Waals surface area contributed by atoms with Crippen molar-refractivity contribution in [1.82, 2.24) is 15.3 Å². The predicted octanol–water partition coefficient (Wildman–Crippen LogP) is 1.43. The molecule has 2 N–H and O–H groups in total. The molecule has 0 spiro atoms. The standard InChI is InChI=1S/C11H19N3O2S/c1-8(17-10-13-5-6-14-10)7-11(2,12-3)9(15)16-4/h5-6,8,12H,7H2,1-4H3,(H,13,14). The van der Waals surface area contributed by atoms with Crippen LogP contribution in [-0.2, 0) is 9.53 Å². The SMILES string of the molecule is CNC(C)(CC(C)Sc1ncc[nH]1)C(=O)OC. The first-order valence-electron chi connectivity index (χ1n) is 5.45. The van der Waals surface area contributed by atoms with Crippen LogP contribution in [0.5, 0.6) is 0 Å². The van der Waals surface area contributed by atoms with Gasteiger partial charge in [0.15, 0.2) is 5.16 Å². The van der Waals surface area contributed by atoms with Crippen molar-refractivity contribution in [2.75, 3.05) is 14.2 Å². The summed E-state index contributed by atoms with van der Waals surface area (Å²) in [5, 5.41) is 4.13. The molecule has 0 bridgehead atoms. The number of carbonyl (C=O) groups is 1. The molecule has 5 nitrogen and oxygen atoms in total. The summed E-state index contributed by atoms with van der Waals surface area (Å²) in [6.45, 7) is 3.91. The molecule has 0 saturated heterocycles. The normalized spacial score (nSPS) is 16.2. The van der Waals surface area contributed by atoms with E-state index in [-0.39, 0.29) is 11.2 Å². The Balaban J connectivity index is 2.59. The van der Waals surface area contributed by atoms with E-state index in [1.807, 2.05) is 6.92 Å². The van der Waals surface area contributed by atoms with Crippen LogP contribution in [0.15, 0.2) is 17.6 Å². The molecular weight excluding hydrogens is 238 g/mol. The number of likely N-dealkylation sites (N-methyl/N-ethyl adjacent to an activating group) is 1. The number of esters is 1. The largest absolute Gasteiger partial charge is 0.468 e. The van der Waals surface area contributed by atoms with Gasteiger partial charge < -0.3 is 15.0 Å². The minimum atomic E-state index is -0.659. The molecule has 1 aromatic rings. The van der Waals surface area contributed by atoms with Crippen molar-refractivity contribution in [2.24, 2.45) is 0 Å². The van der Waals surface area contributed by atoms with Crippen LogP contribution in [0.2, 0.25) is 0 Å². The van der Waals surface area contributed by atoms with Crippen molar-refractivity contribution in [2.45, 2.75) is 36.2 Å². The number of carbonyl (C=O) groups excluding carboxylic acids is 1. The fourth-order valence-electron chi connectivity index (χ4n) is 1.64. The Morgan fingerprint density at radius 1 is 1.76 bits per heavy atom. The Kier molecular flexibility index (Phi) is 5.02. The number of imidazole rings is 1. The van der Waals surface area contributed by atoms with Crippen LogP contribution >= 0.6 is 11.8 Å². The molecule has 1 aromatic heterocycles.